The summed E-state index contributed by atoms with van der Waals surface area (Å²) in [6.07, 6.45) is 0.872. The number of hydrogen-bond acceptors (Lipinski definition) is 2. The Morgan fingerprint density at radius 1 is 0.839 bits per heavy atom. The van der Waals surface area contributed by atoms with Gasteiger partial charge in [-0.1, -0.05) is 91.0 Å². The summed E-state index contributed by atoms with van der Waals surface area (Å²) in [4.78, 5) is 4.18. The average molecular weight is 483 g/mol. The topological polar surface area (TPSA) is 38.0 Å². The van der Waals surface area contributed by atoms with Crippen molar-refractivity contribution in [1.29, 1.82) is 0 Å². The fourth-order valence-electron chi connectivity index (χ4n) is 3.93. The molecule has 0 spiro atoms. The Balaban J connectivity index is 2.00. The Kier molecular flexibility index (Phi) is 6.03. The fraction of sp³-hybridized carbons (Fsp3) is 0.160. The summed E-state index contributed by atoms with van der Waals surface area (Å²) < 4.78 is 28.5. The van der Waals surface area contributed by atoms with E-state index in [4.69, 9.17) is 0 Å². The molecule has 4 rings (SSSR count). The van der Waals surface area contributed by atoms with Crippen LogP contribution in [0.5, 0.6) is 0 Å². The smallest absolute Gasteiger partial charge is 0.224 e. The third kappa shape index (κ3) is 3.82. The van der Waals surface area contributed by atoms with Crippen LogP contribution in [-0.4, -0.2) is 25.8 Å². The van der Waals surface area contributed by atoms with E-state index in [1.807, 2.05) is 91.0 Å². The first-order valence-corrected chi connectivity index (χ1v) is 10.6. The third-order valence-electron chi connectivity index (χ3n) is 5.41. The van der Waals surface area contributed by atoms with Gasteiger partial charge in [0.15, 0.2) is 6.17 Å². The molecule has 0 bridgehead atoms. The van der Waals surface area contributed by atoms with Crippen LogP contribution in [0, 0.1) is 0 Å². The van der Waals surface area contributed by atoms with E-state index in [-0.39, 0.29) is 5.69 Å². The van der Waals surface area contributed by atoms with Crippen LogP contribution < -0.4 is 0 Å². The van der Waals surface area contributed by atoms with Crippen molar-refractivity contribution in [2.24, 2.45) is 0 Å². The first-order valence-electron chi connectivity index (χ1n) is 9.84. The lowest BCUT2D eigenvalue weighted by molar-refractivity contribution is 0.0738. The summed E-state index contributed by atoms with van der Waals surface area (Å²) >= 11 is 2.64. The van der Waals surface area contributed by atoms with Gasteiger partial charge in [-0.2, -0.15) is 0 Å². The zero-order valence-corrected chi connectivity index (χ0v) is 18.2. The van der Waals surface area contributed by atoms with Gasteiger partial charge in [0.1, 0.15) is 5.54 Å². The maximum Gasteiger partial charge on any atom is 0.224 e. The predicted octanol–water partition coefficient (Wildman–Crippen LogP) is 5.79. The minimum absolute atomic E-state index is 0.111. The molecule has 1 aromatic heterocycles. The van der Waals surface area contributed by atoms with E-state index >= 15 is 0 Å². The summed E-state index contributed by atoms with van der Waals surface area (Å²) in [6.45, 7) is -1.01. The van der Waals surface area contributed by atoms with Crippen LogP contribution >= 0.6 is 15.9 Å². The highest BCUT2D eigenvalue weighted by Crippen LogP contribution is 2.43. The first kappa shape index (κ1) is 21.4. The van der Waals surface area contributed by atoms with Gasteiger partial charge in [0.2, 0.25) is 4.58 Å². The van der Waals surface area contributed by atoms with Gasteiger partial charge in [0, 0.05) is 6.20 Å². The van der Waals surface area contributed by atoms with Crippen LogP contribution in [0.2, 0.25) is 0 Å². The normalized spacial score (nSPS) is 14.7. The number of aliphatic hydroxyl groups is 1. The maximum absolute atomic E-state index is 14.9. The highest BCUT2D eigenvalue weighted by Gasteiger charge is 2.42. The minimum atomic E-state index is -2.61. The van der Waals surface area contributed by atoms with E-state index in [0.717, 1.165) is 16.7 Å². The second-order valence-electron chi connectivity index (χ2n) is 7.30. The van der Waals surface area contributed by atoms with Crippen LogP contribution in [0.3, 0.4) is 0 Å². The van der Waals surface area contributed by atoms with Crippen molar-refractivity contribution in [2.75, 3.05) is 6.61 Å². The molecule has 31 heavy (non-hydrogen) atoms. The number of imidazole rings is 1. The predicted molar refractivity (Wildman–Crippen MR) is 121 cm³/mol. The van der Waals surface area contributed by atoms with Crippen molar-refractivity contribution in [3.8, 4) is 0 Å². The molecule has 3 aromatic carbocycles. The van der Waals surface area contributed by atoms with E-state index < -0.39 is 22.9 Å². The Bertz CT molecular complexity index is 1020. The Morgan fingerprint density at radius 3 is 1.65 bits per heavy atom. The van der Waals surface area contributed by atoms with Gasteiger partial charge in [0.25, 0.3) is 0 Å². The third-order valence-corrected chi connectivity index (χ3v) is 6.06. The number of nitrogens with zero attached hydrogens (tertiary/aromatic N) is 2. The van der Waals surface area contributed by atoms with Gasteiger partial charge in [-0.25, -0.2) is 13.8 Å². The number of hydrogen-bond donors (Lipinski definition) is 1. The molecule has 0 aliphatic carbocycles. The molecular formula is C25H21BrF2N2O. The summed E-state index contributed by atoms with van der Waals surface area (Å²) in [5, 5.41) is 9.23. The van der Waals surface area contributed by atoms with Gasteiger partial charge in [-0.3, -0.25) is 0 Å². The maximum atomic E-state index is 14.9. The van der Waals surface area contributed by atoms with E-state index in [1.54, 1.807) is 4.57 Å². The van der Waals surface area contributed by atoms with Crippen molar-refractivity contribution >= 4 is 15.9 Å². The van der Waals surface area contributed by atoms with Gasteiger partial charge in [-0.05, 0) is 32.6 Å². The molecule has 0 saturated heterocycles. The summed E-state index contributed by atoms with van der Waals surface area (Å²) in [7, 11) is 0. The molecule has 0 aliphatic heterocycles. The standard InChI is InChI=1S/C25H21BrF2N2O/c26-24(28,17-31)23(27)22-16-30(18-29-22)25(19-10-4-1-5-11-19,20-12-6-2-7-13-20)21-14-8-3-9-15-21/h1-16,18,23,31H,17H2/t23-,24+/m1/s1. The van der Waals surface area contributed by atoms with Gasteiger partial charge in [-0.15, -0.1) is 0 Å². The molecule has 0 amide bonds. The molecular weight excluding hydrogens is 462 g/mol. The van der Waals surface area contributed by atoms with E-state index in [9.17, 15) is 13.9 Å². The first-order chi connectivity index (χ1) is 15.0. The number of aliphatic hydroxyl groups excluding tert-OH is 1. The summed E-state index contributed by atoms with van der Waals surface area (Å²) in [5.74, 6) is 0. The monoisotopic (exact) mass is 482 g/mol. The van der Waals surface area contributed by atoms with Crippen LogP contribution in [0.1, 0.15) is 28.6 Å². The molecule has 3 nitrogen and oxygen atoms in total. The molecule has 1 N–H and O–H groups in total. The fourth-order valence-corrected chi connectivity index (χ4v) is 4.17. The highest BCUT2D eigenvalue weighted by molar-refractivity contribution is 9.10. The molecule has 0 radical (unpaired) electrons. The molecule has 0 fully saturated rings. The molecule has 158 valence electrons. The van der Waals surface area contributed by atoms with Crippen LogP contribution in [0.15, 0.2) is 104 Å². The molecule has 4 aromatic rings. The zero-order chi connectivity index (χ0) is 21.9. The summed E-state index contributed by atoms with van der Waals surface area (Å²) in [6, 6.07) is 29.5. The molecule has 2 atom stereocenters. The lowest BCUT2D eigenvalue weighted by Crippen LogP contribution is -2.37. The largest absolute Gasteiger partial charge is 0.392 e. The number of alkyl halides is 3. The highest BCUT2D eigenvalue weighted by atomic mass is 79.9. The van der Waals surface area contributed by atoms with Gasteiger partial charge in [0.05, 0.1) is 18.6 Å². The van der Waals surface area contributed by atoms with Crippen LogP contribution in [-0.2, 0) is 5.54 Å². The average Bonchev–Trinajstić information content (AvgIpc) is 3.31. The molecule has 0 aliphatic rings. The molecule has 6 heteroatoms. The number of benzene rings is 3. The van der Waals surface area contributed by atoms with Crippen molar-refractivity contribution in [1.82, 2.24) is 9.55 Å². The molecule has 1 heterocycles. The van der Waals surface area contributed by atoms with Crippen molar-refractivity contribution in [3.63, 3.8) is 0 Å². The van der Waals surface area contributed by atoms with Gasteiger partial charge < -0.3 is 9.67 Å². The van der Waals surface area contributed by atoms with E-state index in [2.05, 4.69) is 20.9 Å². The van der Waals surface area contributed by atoms with Crippen molar-refractivity contribution < 1.29 is 13.9 Å². The van der Waals surface area contributed by atoms with Crippen molar-refractivity contribution in [3.05, 3.63) is 126 Å². The lowest BCUT2D eigenvalue weighted by atomic mass is 9.77. The lowest BCUT2D eigenvalue weighted by Gasteiger charge is -2.37. The van der Waals surface area contributed by atoms with Crippen LogP contribution in [0.4, 0.5) is 8.78 Å². The number of halogens is 3. The zero-order valence-electron chi connectivity index (χ0n) is 16.6. The quantitative estimate of drug-likeness (QED) is 0.267. The Hall–Kier alpha value is -2.83. The van der Waals surface area contributed by atoms with Crippen molar-refractivity contribution in [2.45, 2.75) is 16.3 Å². The second-order valence-corrected chi connectivity index (χ2v) is 8.61. The van der Waals surface area contributed by atoms with E-state index in [0.29, 0.717) is 0 Å². The Labute approximate surface area is 188 Å². The number of aromatic nitrogens is 2. The van der Waals surface area contributed by atoms with Gasteiger partial charge >= 0.3 is 0 Å². The SMILES string of the molecule is OC[C@@](F)(Br)[C@H](F)c1cn(C(c2ccccc2)(c2ccccc2)c2ccccc2)cn1. The Morgan fingerprint density at radius 2 is 1.26 bits per heavy atom. The summed E-state index contributed by atoms with van der Waals surface area (Å²) in [5.41, 5.74) is 1.86. The number of rotatable bonds is 7. The molecule has 0 unspecified atom stereocenters. The van der Waals surface area contributed by atoms with Crippen LogP contribution in [0.25, 0.3) is 0 Å². The second kappa shape index (κ2) is 8.73. The molecule has 0 saturated carbocycles. The minimum Gasteiger partial charge on any atom is -0.392 e. The van der Waals surface area contributed by atoms with E-state index in [1.165, 1.54) is 12.5 Å².